The van der Waals surface area contributed by atoms with Crippen LogP contribution < -0.4 is 0 Å². The molecule has 0 aliphatic rings. The van der Waals surface area contributed by atoms with Gasteiger partial charge in [0.25, 0.3) is 5.69 Å². The molecule has 16 heavy (non-hydrogen) atoms. The third kappa shape index (κ3) is 3.60. The average molecular weight is 225 g/mol. The summed E-state index contributed by atoms with van der Waals surface area (Å²) in [5.74, 6) is 0.0338. The van der Waals surface area contributed by atoms with Crippen molar-refractivity contribution in [3.05, 3.63) is 39.9 Å². The highest BCUT2D eigenvalue weighted by Crippen LogP contribution is 2.15. The number of nitro benzene ring substituents is 1. The molecule has 1 aromatic carbocycles. The molecule has 5 heteroatoms. The van der Waals surface area contributed by atoms with E-state index in [1.54, 1.807) is 19.2 Å². The third-order valence-corrected chi connectivity index (χ3v) is 2.33. The zero-order valence-electron chi connectivity index (χ0n) is 9.13. The van der Waals surface area contributed by atoms with Gasteiger partial charge in [-0.2, -0.15) is 0 Å². The number of aliphatic hydroxyl groups excluding tert-OH is 1. The van der Waals surface area contributed by atoms with Crippen molar-refractivity contribution in [2.75, 3.05) is 20.3 Å². The molecule has 0 saturated carbocycles. The van der Waals surface area contributed by atoms with Crippen LogP contribution in [0.25, 0.3) is 0 Å². The molecule has 0 amide bonds. The molecular weight excluding hydrogens is 210 g/mol. The molecule has 0 aromatic heterocycles. The van der Waals surface area contributed by atoms with Crippen LogP contribution in [0.3, 0.4) is 0 Å². The lowest BCUT2D eigenvalue weighted by molar-refractivity contribution is -0.384. The number of nitrogens with zero attached hydrogens (tertiary/aromatic N) is 1. The molecule has 1 aromatic rings. The second-order valence-electron chi connectivity index (χ2n) is 3.63. The Hall–Kier alpha value is -1.46. The molecule has 1 unspecified atom stereocenters. The molecular formula is C11H15NO4. The van der Waals surface area contributed by atoms with Crippen LogP contribution in [0, 0.1) is 16.0 Å². The normalized spacial score (nSPS) is 12.4. The molecule has 0 radical (unpaired) electrons. The Balaban J connectivity index is 2.63. The first kappa shape index (κ1) is 12.6. The van der Waals surface area contributed by atoms with E-state index in [0.29, 0.717) is 13.0 Å². The number of ether oxygens (including phenoxy) is 1. The van der Waals surface area contributed by atoms with E-state index in [1.807, 2.05) is 0 Å². The van der Waals surface area contributed by atoms with Crippen LogP contribution in [0.4, 0.5) is 5.69 Å². The Labute approximate surface area is 93.8 Å². The number of aliphatic hydroxyl groups is 1. The molecule has 0 spiro atoms. The van der Waals surface area contributed by atoms with Gasteiger partial charge in [0.1, 0.15) is 0 Å². The first-order valence-corrected chi connectivity index (χ1v) is 5.00. The van der Waals surface area contributed by atoms with E-state index < -0.39 is 4.92 Å². The highest BCUT2D eigenvalue weighted by Gasteiger charge is 2.10. The summed E-state index contributed by atoms with van der Waals surface area (Å²) in [5, 5.41) is 19.5. The molecule has 88 valence electrons. The highest BCUT2D eigenvalue weighted by molar-refractivity contribution is 5.33. The fraction of sp³-hybridized carbons (Fsp3) is 0.455. The summed E-state index contributed by atoms with van der Waals surface area (Å²) in [6.45, 7) is 0.526. The summed E-state index contributed by atoms with van der Waals surface area (Å²) in [5.41, 5.74) is 1.04. The number of benzene rings is 1. The predicted octanol–water partition coefficient (Wildman–Crippen LogP) is 1.39. The maximum absolute atomic E-state index is 10.4. The van der Waals surface area contributed by atoms with Gasteiger partial charge in [-0.1, -0.05) is 12.1 Å². The molecule has 5 nitrogen and oxygen atoms in total. The van der Waals surface area contributed by atoms with E-state index in [1.165, 1.54) is 12.1 Å². The number of rotatable bonds is 6. The molecule has 0 aliphatic carbocycles. The van der Waals surface area contributed by atoms with E-state index >= 15 is 0 Å². The second kappa shape index (κ2) is 6.19. The van der Waals surface area contributed by atoms with E-state index in [-0.39, 0.29) is 18.2 Å². The first-order valence-electron chi connectivity index (χ1n) is 5.00. The van der Waals surface area contributed by atoms with Gasteiger partial charge >= 0.3 is 0 Å². The molecule has 0 heterocycles. The molecule has 0 aliphatic heterocycles. The van der Waals surface area contributed by atoms with Crippen LogP contribution in [0.2, 0.25) is 0 Å². The Morgan fingerprint density at radius 1 is 1.44 bits per heavy atom. The lowest BCUT2D eigenvalue weighted by atomic mass is 10.0. The van der Waals surface area contributed by atoms with Crippen LogP contribution in [0.5, 0.6) is 0 Å². The zero-order chi connectivity index (χ0) is 12.0. The summed E-state index contributed by atoms with van der Waals surface area (Å²) >= 11 is 0. The topological polar surface area (TPSA) is 72.6 Å². The maximum atomic E-state index is 10.4. The Bertz CT molecular complexity index is 336. The monoisotopic (exact) mass is 225 g/mol. The summed E-state index contributed by atoms with van der Waals surface area (Å²) in [6, 6.07) is 6.35. The number of hydrogen-bond donors (Lipinski definition) is 1. The minimum Gasteiger partial charge on any atom is -0.396 e. The van der Waals surface area contributed by atoms with Gasteiger partial charge in [0, 0.05) is 31.8 Å². The van der Waals surface area contributed by atoms with Crippen molar-refractivity contribution >= 4 is 5.69 Å². The van der Waals surface area contributed by atoms with Crippen molar-refractivity contribution in [1.82, 2.24) is 0 Å². The Morgan fingerprint density at radius 2 is 2.06 bits per heavy atom. The van der Waals surface area contributed by atoms with E-state index in [0.717, 1.165) is 5.56 Å². The van der Waals surface area contributed by atoms with E-state index in [2.05, 4.69) is 0 Å². The first-order chi connectivity index (χ1) is 7.67. The fourth-order valence-electron chi connectivity index (χ4n) is 1.50. The number of methoxy groups -OCH3 is 1. The van der Waals surface area contributed by atoms with Gasteiger partial charge < -0.3 is 9.84 Å². The molecule has 0 fully saturated rings. The summed E-state index contributed by atoms with van der Waals surface area (Å²) < 4.78 is 4.96. The van der Waals surface area contributed by atoms with Gasteiger partial charge in [0.05, 0.1) is 11.5 Å². The van der Waals surface area contributed by atoms with Gasteiger partial charge in [-0.15, -0.1) is 0 Å². The van der Waals surface area contributed by atoms with Crippen LogP contribution in [0.1, 0.15) is 5.56 Å². The van der Waals surface area contributed by atoms with Crippen LogP contribution in [0.15, 0.2) is 24.3 Å². The highest BCUT2D eigenvalue weighted by atomic mass is 16.6. The van der Waals surface area contributed by atoms with Crippen molar-refractivity contribution in [3.63, 3.8) is 0 Å². The number of non-ortho nitro benzene ring substituents is 1. The lowest BCUT2D eigenvalue weighted by Gasteiger charge is -2.12. The van der Waals surface area contributed by atoms with Crippen molar-refractivity contribution in [1.29, 1.82) is 0 Å². The molecule has 0 bridgehead atoms. The number of nitro groups is 1. The largest absolute Gasteiger partial charge is 0.396 e. The zero-order valence-corrected chi connectivity index (χ0v) is 9.13. The van der Waals surface area contributed by atoms with E-state index in [9.17, 15) is 10.1 Å². The smallest absolute Gasteiger partial charge is 0.269 e. The van der Waals surface area contributed by atoms with Crippen LogP contribution in [-0.4, -0.2) is 30.4 Å². The SMILES string of the molecule is COCC(CO)Cc1ccc([N+](=O)[O-])cc1. The third-order valence-electron chi connectivity index (χ3n) is 2.33. The molecule has 1 rings (SSSR count). The van der Waals surface area contributed by atoms with Gasteiger partial charge in [0.2, 0.25) is 0 Å². The minimum atomic E-state index is -0.428. The van der Waals surface area contributed by atoms with Gasteiger partial charge in [0.15, 0.2) is 0 Å². The Morgan fingerprint density at radius 3 is 2.50 bits per heavy atom. The van der Waals surface area contributed by atoms with Crippen LogP contribution in [-0.2, 0) is 11.2 Å². The molecule has 1 N–H and O–H groups in total. The van der Waals surface area contributed by atoms with Crippen molar-refractivity contribution in [3.8, 4) is 0 Å². The summed E-state index contributed by atoms with van der Waals surface area (Å²) in [7, 11) is 1.58. The maximum Gasteiger partial charge on any atom is 0.269 e. The minimum absolute atomic E-state index is 0.0338. The summed E-state index contributed by atoms with van der Waals surface area (Å²) in [4.78, 5) is 10.0. The molecule has 1 atom stereocenters. The summed E-state index contributed by atoms with van der Waals surface area (Å²) in [6.07, 6.45) is 0.655. The average Bonchev–Trinajstić information content (AvgIpc) is 2.29. The van der Waals surface area contributed by atoms with Crippen molar-refractivity contribution < 1.29 is 14.8 Å². The predicted molar refractivity (Wildman–Crippen MR) is 59.3 cm³/mol. The second-order valence-corrected chi connectivity index (χ2v) is 3.63. The standard InChI is InChI=1S/C11H15NO4/c1-16-8-10(7-13)6-9-2-4-11(5-3-9)12(14)15/h2-5,10,13H,6-8H2,1H3. The quantitative estimate of drug-likeness (QED) is 0.586. The number of hydrogen-bond acceptors (Lipinski definition) is 4. The van der Waals surface area contributed by atoms with Crippen molar-refractivity contribution in [2.45, 2.75) is 6.42 Å². The molecule has 0 saturated heterocycles. The van der Waals surface area contributed by atoms with Crippen molar-refractivity contribution in [2.24, 2.45) is 5.92 Å². The van der Waals surface area contributed by atoms with Gasteiger partial charge in [-0.05, 0) is 12.0 Å². The lowest BCUT2D eigenvalue weighted by Crippen LogP contribution is -2.15. The van der Waals surface area contributed by atoms with Gasteiger partial charge in [-0.25, -0.2) is 0 Å². The van der Waals surface area contributed by atoms with Gasteiger partial charge in [-0.3, -0.25) is 10.1 Å². The van der Waals surface area contributed by atoms with Crippen LogP contribution >= 0.6 is 0 Å². The fourth-order valence-corrected chi connectivity index (χ4v) is 1.50. The Kier molecular flexibility index (Phi) is 4.88. The van der Waals surface area contributed by atoms with E-state index in [4.69, 9.17) is 9.84 Å².